The van der Waals surface area contributed by atoms with E-state index in [1.54, 1.807) is 7.05 Å². The van der Waals surface area contributed by atoms with Crippen LogP contribution in [0, 0.1) is 23.7 Å². The van der Waals surface area contributed by atoms with Crippen LogP contribution in [0.4, 0.5) is 11.4 Å². The van der Waals surface area contributed by atoms with Gasteiger partial charge in [-0.25, -0.2) is 14.4 Å². The first-order chi connectivity index (χ1) is 38.5. The maximum absolute atomic E-state index is 15.0. The van der Waals surface area contributed by atoms with Crippen LogP contribution in [0.1, 0.15) is 109 Å². The summed E-state index contributed by atoms with van der Waals surface area (Å²) in [7, 11) is 6.03. The van der Waals surface area contributed by atoms with Crippen LogP contribution in [0.3, 0.4) is 0 Å². The summed E-state index contributed by atoms with van der Waals surface area (Å²) >= 11 is 0. The van der Waals surface area contributed by atoms with Gasteiger partial charge in [0, 0.05) is 71.6 Å². The Morgan fingerprint density at radius 3 is 1.55 bits per heavy atom. The SMILES string of the molecule is CCOCCNc1ccc(C[C@@H](OC(=O)[C@H](CC2CC2)N(C)C(=O)[C@@H](C)OC(=O)[C@H](CC2CC2)NC)C(=O)N(C)[C@@H](CC2CC2)C(=O)O[C@H](C)C(=O)N(C)[C@@H](CC2CC2)C(=O)O[C@@H](C=O)Cc2ccc(N3CCOCC3)cc2)cc1. The van der Waals surface area contributed by atoms with Crippen molar-refractivity contribution < 1.29 is 66.8 Å². The van der Waals surface area contributed by atoms with E-state index in [-0.39, 0.29) is 43.4 Å². The molecule has 1 saturated heterocycles. The molecule has 3 amide bonds. The monoisotopic (exact) mass is 1110 g/mol. The van der Waals surface area contributed by atoms with E-state index in [1.807, 2.05) is 55.5 Å². The molecule has 5 aliphatic rings. The van der Waals surface area contributed by atoms with Crippen LogP contribution in [-0.4, -0.2) is 185 Å². The Morgan fingerprint density at radius 2 is 1.06 bits per heavy atom. The summed E-state index contributed by atoms with van der Waals surface area (Å²) in [5, 5.41) is 6.28. The fraction of sp³-hybridized carbons (Fsp3) is 0.667. The predicted octanol–water partition coefficient (Wildman–Crippen LogP) is 4.91. The van der Waals surface area contributed by atoms with Crippen molar-refractivity contribution in [1.29, 1.82) is 0 Å². The molecule has 2 aromatic rings. The zero-order valence-corrected chi connectivity index (χ0v) is 48.0. The molecule has 2 aromatic carbocycles. The van der Waals surface area contributed by atoms with Gasteiger partial charge in [0.25, 0.3) is 17.7 Å². The van der Waals surface area contributed by atoms with E-state index in [0.29, 0.717) is 63.6 Å². The lowest BCUT2D eigenvalue weighted by Crippen LogP contribution is -2.53. The number of aldehydes is 1. The van der Waals surface area contributed by atoms with Gasteiger partial charge >= 0.3 is 23.9 Å². The van der Waals surface area contributed by atoms with E-state index >= 15 is 0 Å². The maximum Gasteiger partial charge on any atom is 0.329 e. The highest BCUT2D eigenvalue weighted by Gasteiger charge is 2.44. The molecule has 7 rings (SSSR count). The highest BCUT2D eigenvalue weighted by molar-refractivity contribution is 5.93. The summed E-state index contributed by atoms with van der Waals surface area (Å²) in [5.41, 5.74) is 3.28. The first-order valence-electron chi connectivity index (χ1n) is 29.0. The second kappa shape index (κ2) is 29.6. The standard InChI is InChI=1S/C60H86N6O14/c1-8-75-28-25-62-46-21-17-45(18-22-46)36-53(80-60(74)52(35-44-15-16-44)64(6)54(68)38(2)77-57(71)49(61-4)32-41-9-10-41)56(70)65(7)50(33-42-11-12-42)58(72)78-39(3)55(69)63(5)51(34-43-13-14-43)59(73)79-48(37-67)31-40-19-23-47(24-20-40)66-26-29-76-30-27-66/h17-24,37-39,41-44,48-53,61-62H,8-16,25-36H2,1-7H3/t38-,39-,48-,49+,50+,51+,52+,53-/m1/s1. The van der Waals surface area contributed by atoms with Gasteiger partial charge in [-0.1, -0.05) is 75.6 Å². The van der Waals surface area contributed by atoms with Gasteiger partial charge in [-0.3, -0.25) is 24.0 Å². The molecule has 0 bridgehead atoms. The summed E-state index contributed by atoms with van der Waals surface area (Å²) < 4.78 is 34.5. The van der Waals surface area contributed by atoms with E-state index in [2.05, 4.69) is 15.5 Å². The maximum atomic E-state index is 15.0. The molecule has 0 spiro atoms. The van der Waals surface area contributed by atoms with Gasteiger partial charge in [0.15, 0.2) is 30.7 Å². The lowest BCUT2D eigenvalue weighted by Gasteiger charge is -2.33. The molecular weight excluding hydrogens is 1030 g/mol. The number of morpholine rings is 1. The van der Waals surface area contributed by atoms with Crippen LogP contribution in [0.2, 0.25) is 0 Å². The van der Waals surface area contributed by atoms with Crippen LogP contribution < -0.4 is 15.5 Å². The number of likely N-dealkylation sites (N-methyl/N-ethyl adjacent to an activating group) is 4. The number of hydrogen-bond acceptors (Lipinski definition) is 17. The molecule has 1 aliphatic heterocycles. The zero-order chi connectivity index (χ0) is 57.5. The molecule has 440 valence electrons. The predicted molar refractivity (Wildman–Crippen MR) is 297 cm³/mol. The minimum atomic E-state index is -1.47. The average Bonchev–Trinajstić information content (AvgIpc) is 4.21. The van der Waals surface area contributed by atoms with Crippen molar-refractivity contribution in [2.45, 2.75) is 159 Å². The Labute approximate surface area is 471 Å². The molecule has 0 unspecified atom stereocenters. The van der Waals surface area contributed by atoms with Gasteiger partial charge in [0.1, 0.15) is 24.2 Å². The molecule has 0 radical (unpaired) electrons. The summed E-state index contributed by atoms with van der Waals surface area (Å²) in [5.74, 6) is -4.13. The summed E-state index contributed by atoms with van der Waals surface area (Å²) in [6, 6.07) is 11.1. The normalized spacial score (nSPS) is 19.1. The van der Waals surface area contributed by atoms with Crippen molar-refractivity contribution in [3.05, 3.63) is 59.7 Å². The lowest BCUT2D eigenvalue weighted by atomic mass is 10.0. The van der Waals surface area contributed by atoms with E-state index < -0.39 is 90.2 Å². The zero-order valence-electron chi connectivity index (χ0n) is 48.0. The molecule has 4 aliphatic carbocycles. The van der Waals surface area contributed by atoms with Crippen molar-refractivity contribution in [1.82, 2.24) is 20.0 Å². The molecular formula is C60H86N6O14. The topological polar surface area (TPSA) is 229 Å². The molecule has 20 heteroatoms. The third kappa shape index (κ3) is 18.5. The van der Waals surface area contributed by atoms with E-state index in [1.165, 1.54) is 49.7 Å². The van der Waals surface area contributed by atoms with Gasteiger partial charge in [0.05, 0.1) is 19.8 Å². The number of rotatable bonds is 34. The second-order valence-electron chi connectivity index (χ2n) is 22.6. The Morgan fingerprint density at radius 1 is 0.613 bits per heavy atom. The first kappa shape index (κ1) is 61.5. The van der Waals surface area contributed by atoms with E-state index in [0.717, 1.165) is 81.4 Å². The number of amides is 3. The number of carbonyl (C=O) groups excluding carboxylic acids is 8. The number of benzene rings is 2. The number of ether oxygens (including phenoxy) is 6. The van der Waals surface area contributed by atoms with Crippen LogP contribution in [-0.2, 0) is 79.6 Å². The Balaban J connectivity index is 1.04. The fourth-order valence-corrected chi connectivity index (χ4v) is 10.2. The summed E-state index contributed by atoms with van der Waals surface area (Å²) in [4.78, 5) is 118. The first-order valence-corrected chi connectivity index (χ1v) is 29.0. The Kier molecular flexibility index (Phi) is 22.7. The molecule has 4 saturated carbocycles. The van der Waals surface area contributed by atoms with Crippen molar-refractivity contribution >= 4 is 59.3 Å². The molecule has 8 atom stereocenters. The van der Waals surface area contributed by atoms with Crippen molar-refractivity contribution in [2.75, 3.05) is 84.5 Å². The second-order valence-corrected chi connectivity index (χ2v) is 22.6. The third-order valence-electron chi connectivity index (χ3n) is 16.1. The molecule has 80 heavy (non-hydrogen) atoms. The van der Waals surface area contributed by atoms with Gasteiger partial charge in [-0.15, -0.1) is 0 Å². The third-order valence-corrected chi connectivity index (χ3v) is 16.1. The number of nitrogens with one attached hydrogen (secondary N) is 2. The number of nitrogens with zero attached hydrogens (tertiary/aromatic N) is 4. The van der Waals surface area contributed by atoms with Crippen LogP contribution in [0.15, 0.2) is 48.5 Å². The highest BCUT2D eigenvalue weighted by Crippen LogP contribution is 2.38. The number of anilines is 2. The average molecular weight is 1120 g/mol. The van der Waals surface area contributed by atoms with Crippen molar-refractivity contribution in [3.63, 3.8) is 0 Å². The van der Waals surface area contributed by atoms with Crippen molar-refractivity contribution in [3.8, 4) is 0 Å². The van der Waals surface area contributed by atoms with Crippen LogP contribution >= 0.6 is 0 Å². The molecule has 20 nitrogen and oxygen atoms in total. The van der Waals surface area contributed by atoms with Crippen LogP contribution in [0.25, 0.3) is 0 Å². The number of carbonyl (C=O) groups is 8. The van der Waals surface area contributed by atoms with Gasteiger partial charge in [0.2, 0.25) is 0 Å². The Bertz CT molecular complexity index is 2400. The van der Waals surface area contributed by atoms with Crippen LogP contribution in [0.5, 0.6) is 0 Å². The van der Waals surface area contributed by atoms with Gasteiger partial charge < -0.3 is 58.7 Å². The van der Waals surface area contributed by atoms with Crippen molar-refractivity contribution in [2.24, 2.45) is 23.7 Å². The van der Waals surface area contributed by atoms with E-state index in [9.17, 15) is 38.4 Å². The smallest absolute Gasteiger partial charge is 0.329 e. The number of esters is 4. The summed E-state index contributed by atoms with van der Waals surface area (Å²) in [6.45, 7) is 9.30. The molecule has 1 heterocycles. The van der Waals surface area contributed by atoms with E-state index in [4.69, 9.17) is 28.4 Å². The molecule has 0 aromatic heterocycles. The minimum Gasteiger partial charge on any atom is -0.453 e. The highest BCUT2D eigenvalue weighted by atomic mass is 16.6. The largest absolute Gasteiger partial charge is 0.453 e. The Hall–Kier alpha value is -6.12. The van der Waals surface area contributed by atoms with Gasteiger partial charge in [-0.2, -0.15) is 0 Å². The fourth-order valence-electron chi connectivity index (χ4n) is 10.2. The number of hydrogen-bond donors (Lipinski definition) is 2. The van der Waals surface area contributed by atoms with Gasteiger partial charge in [-0.05, 0) is 113 Å². The lowest BCUT2D eigenvalue weighted by molar-refractivity contribution is -0.173. The summed E-state index contributed by atoms with van der Waals surface area (Å²) in [6.07, 6.45) is 3.95. The minimum absolute atomic E-state index is 0.0854. The molecule has 2 N–H and O–H groups in total. The molecule has 5 fully saturated rings. The quantitative estimate of drug-likeness (QED) is 0.0411.